The highest BCUT2D eigenvalue weighted by Crippen LogP contribution is 2.18. The van der Waals surface area contributed by atoms with Gasteiger partial charge in [0, 0.05) is 10.5 Å². The summed E-state index contributed by atoms with van der Waals surface area (Å²) in [5.41, 5.74) is -0.447. The SMILES string of the molecule is O=C(CS(=O)(=O)c1ccc(Br)cc1)c1ccc(F)cc1F. The lowest BCUT2D eigenvalue weighted by Crippen LogP contribution is -2.17. The van der Waals surface area contributed by atoms with Crippen LogP contribution < -0.4 is 0 Å². The van der Waals surface area contributed by atoms with Crippen molar-refractivity contribution < 1.29 is 22.0 Å². The summed E-state index contributed by atoms with van der Waals surface area (Å²) in [6.45, 7) is 0. The van der Waals surface area contributed by atoms with Gasteiger partial charge >= 0.3 is 0 Å². The molecule has 0 radical (unpaired) electrons. The Morgan fingerprint density at radius 2 is 1.67 bits per heavy atom. The second-order valence-electron chi connectivity index (χ2n) is 4.26. The van der Waals surface area contributed by atoms with E-state index in [1.165, 1.54) is 24.3 Å². The van der Waals surface area contributed by atoms with Crippen molar-refractivity contribution in [2.45, 2.75) is 4.90 Å². The van der Waals surface area contributed by atoms with Crippen LogP contribution in [-0.2, 0) is 9.84 Å². The Kier molecular flexibility index (Phi) is 4.53. The van der Waals surface area contributed by atoms with Gasteiger partial charge in [-0.3, -0.25) is 4.79 Å². The fraction of sp³-hybridized carbons (Fsp3) is 0.0714. The molecule has 7 heteroatoms. The van der Waals surface area contributed by atoms with E-state index in [0.717, 1.165) is 12.1 Å². The van der Waals surface area contributed by atoms with Gasteiger partial charge in [-0.1, -0.05) is 15.9 Å². The molecule has 2 aromatic rings. The molecule has 0 aliphatic rings. The van der Waals surface area contributed by atoms with Gasteiger partial charge in [0.05, 0.1) is 10.5 Å². The Morgan fingerprint density at radius 3 is 2.24 bits per heavy atom. The number of hydrogen-bond donors (Lipinski definition) is 0. The molecule has 0 aromatic heterocycles. The molecule has 2 aromatic carbocycles. The van der Waals surface area contributed by atoms with Crippen LogP contribution in [-0.4, -0.2) is 20.0 Å². The summed E-state index contributed by atoms with van der Waals surface area (Å²) in [5, 5.41) is 0. The quantitative estimate of drug-likeness (QED) is 0.770. The third-order valence-electron chi connectivity index (χ3n) is 2.73. The highest BCUT2D eigenvalue weighted by Gasteiger charge is 2.22. The Labute approximate surface area is 128 Å². The first-order valence-corrected chi connectivity index (χ1v) is 8.21. The van der Waals surface area contributed by atoms with E-state index in [1.54, 1.807) is 0 Å². The number of benzene rings is 2. The Bertz CT molecular complexity index is 786. The largest absolute Gasteiger partial charge is 0.293 e. The lowest BCUT2D eigenvalue weighted by Gasteiger charge is -2.05. The lowest BCUT2D eigenvalue weighted by molar-refractivity contribution is 0.101. The van der Waals surface area contributed by atoms with E-state index in [4.69, 9.17) is 0 Å². The third-order valence-corrected chi connectivity index (χ3v) is 4.89. The number of sulfone groups is 1. The van der Waals surface area contributed by atoms with Gasteiger partial charge in [-0.15, -0.1) is 0 Å². The van der Waals surface area contributed by atoms with Crippen LogP contribution in [0.4, 0.5) is 8.78 Å². The molecular weight excluding hydrogens is 366 g/mol. The first kappa shape index (κ1) is 15.8. The van der Waals surface area contributed by atoms with Gasteiger partial charge < -0.3 is 0 Å². The van der Waals surface area contributed by atoms with Gasteiger partial charge in [-0.2, -0.15) is 0 Å². The average molecular weight is 375 g/mol. The summed E-state index contributed by atoms with van der Waals surface area (Å²) < 4.78 is 51.1. The summed E-state index contributed by atoms with van der Waals surface area (Å²) in [6.07, 6.45) is 0. The number of Topliss-reactive ketones (excluding diaryl/α,β-unsaturated/α-hetero) is 1. The second-order valence-corrected chi connectivity index (χ2v) is 7.17. The van der Waals surface area contributed by atoms with E-state index in [0.29, 0.717) is 10.5 Å². The molecule has 0 N–H and O–H groups in total. The van der Waals surface area contributed by atoms with E-state index >= 15 is 0 Å². The Hall–Kier alpha value is -1.60. The molecule has 0 bridgehead atoms. The number of ketones is 1. The van der Waals surface area contributed by atoms with Gasteiger partial charge in [0.15, 0.2) is 15.6 Å². The molecule has 0 heterocycles. The zero-order valence-corrected chi connectivity index (χ0v) is 12.9. The zero-order chi connectivity index (χ0) is 15.6. The number of carbonyl (C=O) groups excluding carboxylic acids is 1. The van der Waals surface area contributed by atoms with Crippen molar-refractivity contribution >= 4 is 31.6 Å². The first-order chi connectivity index (χ1) is 9.79. The van der Waals surface area contributed by atoms with E-state index in [9.17, 15) is 22.0 Å². The summed E-state index contributed by atoms with van der Waals surface area (Å²) in [5.74, 6) is -3.71. The van der Waals surface area contributed by atoms with Crippen LogP contribution in [0.1, 0.15) is 10.4 Å². The topological polar surface area (TPSA) is 51.2 Å². The molecular formula is C14H9BrF2O3S. The van der Waals surface area contributed by atoms with Crippen molar-refractivity contribution in [1.29, 1.82) is 0 Å². The van der Waals surface area contributed by atoms with Crippen LogP contribution in [0.15, 0.2) is 51.8 Å². The van der Waals surface area contributed by atoms with Crippen LogP contribution in [0.2, 0.25) is 0 Å². The number of hydrogen-bond acceptors (Lipinski definition) is 3. The van der Waals surface area contributed by atoms with Gasteiger partial charge in [-0.05, 0) is 36.4 Å². The summed E-state index contributed by atoms with van der Waals surface area (Å²) in [7, 11) is -3.88. The molecule has 0 amide bonds. The minimum Gasteiger partial charge on any atom is -0.293 e. The van der Waals surface area contributed by atoms with E-state index in [-0.39, 0.29) is 4.90 Å². The van der Waals surface area contributed by atoms with Crippen molar-refractivity contribution in [2.75, 3.05) is 5.75 Å². The smallest absolute Gasteiger partial charge is 0.185 e. The molecule has 110 valence electrons. The molecule has 0 fully saturated rings. The molecule has 0 unspecified atom stereocenters. The van der Waals surface area contributed by atoms with Gasteiger partial charge in [-0.25, -0.2) is 17.2 Å². The van der Waals surface area contributed by atoms with E-state index in [1.807, 2.05) is 0 Å². The molecule has 3 nitrogen and oxygen atoms in total. The molecule has 0 spiro atoms. The van der Waals surface area contributed by atoms with Crippen LogP contribution in [0.3, 0.4) is 0 Å². The fourth-order valence-electron chi connectivity index (χ4n) is 1.69. The number of rotatable bonds is 4. The summed E-state index contributed by atoms with van der Waals surface area (Å²) in [4.78, 5) is 11.8. The van der Waals surface area contributed by atoms with Crippen molar-refractivity contribution in [1.82, 2.24) is 0 Å². The summed E-state index contributed by atoms with van der Waals surface area (Å²) in [6, 6.07) is 8.11. The first-order valence-electron chi connectivity index (χ1n) is 5.76. The molecule has 0 aliphatic carbocycles. The molecule has 0 saturated heterocycles. The van der Waals surface area contributed by atoms with E-state index in [2.05, 4.69) is 15.9 Å². The fourth-order valence-corrected chi connectivity index (χ4v) is 3.17. The molecule has 21 heavy (non-hydrogen) atoms. The van der Waals surface area contributed by atoms with Gasteiger partial charge in [0.2, 0.25) is 0 Å². The molecule has 0 aliphatic heterocycles. The minimum absolute atomic E-state index is 0.0402. The zero-order valence-electron chi connectivity index (χ0n) is 10.5. The monoisotopic (exact) mass is 374 g/mol. The van der Waals surface area contributed by atoms with Crippen LogP contribution in [0.25, 0.3) is 0 Å². The van der Waals surface area contributed by atoms with Crippen molar-refractivity contribution in [3.05, 3.63) is 64.1 Å². The predicted octanol–water partition coefficient (Wildman–Crippen LogP) is 3.38. The van der Waals surface area contributed by atoms with Crippen LogP contribution in [0.5, 0.6) is 0 Å². The van der Waals surface area contributed by atoms with Crippen molar-refractivity contribution in [3.8, 4) is 0 Å². The molecule has 0 atom stereocenters. The predicted molar refractivity (Wildman–Crippen MR) is 76.9 cm³/mol. The lowest BCUT2D eigenvalue weighted by atomic mass is 10.1. The minimum atomic E-state index is -3.88. The third kappa shape index (κ3) is 3.74. The van der Waals surface area contributed by atoms with Crippen LogP contribution in [0, 0.1) is 11.6 Å². The molecule has 2 rings (SSSR count). The van der Waals surface area contributed by atoms with Gasteiger partial charge in [0.1, 0.15) is 17.4 Å². The highest BCUT2D eigenvalue weighted by molar-refractivity contribution is 9.10. The number of carbonyl (C=O) groups is 1. The second kappa shape index (κ2) is 6.03. The van der Waals surface area contributed by atoms with Crippen molar-refractivity contribution in [3.63, 3.8) is 0 Å². The number of halogens is 3. The average Bonchev–Trinajstić information content (AvgIpc) is 2.38. The highest BCUT2D eigenvalue weighted by atomic mass is 79.9. The van der Waals surface area contributed by atoms with Gasteiger partial charge in [0.25, 0.3) is 0 Å². The normalized spacial score (nSPS) is 11.4. The van der Waals surface area contributed by atoms with E-state index < -0.39 is 38.6 Å². The maximum Gasteiger partial charge on any atom is 0.185 e. The van der Waals surface area contributed by atoms with Crippen LogP contribution >= 0.6 is 15.9 Å². The Balaban J connectivity index is 2.28. The standard InChI is InChI=1S/C14H9BrF2O3S/c15-9-1-4-11(5-2-9)21(19,20)8-14(18)12-6-3-10(16)7-13(12)17/h1-7H,8H2. The Morgan fingerprint density at radius 1 is 1.05 bits per heavy atom. The maximum atomic E-state index is 13.5. The maximum absolute atomic E-state index is 13.5. The van der Waals surface area contributed by atoms with Crippen molar-refractivity contribution in [2.24, 2.45) is 0 Å². The summed E-state index contributed by atoms with van der Waals surface area (Å²) >= 11 is 3.17. The molecule has 0 saturated carbocycles.